The smallest absolute Gasteiger partial charge is 0.238 e. The second kappa shape index (κ2) is 9.55. The Bertz CT molecular complexity index is 993. The molecule has 2 amide bonds. The first-order chi connectivity index (χ1) is 15.1. The van der Waals surface area contributed by atoms with Crippen molar-refractivity contribution in [1.29, 1.82) is 0 Å². The molecule has 0 radical (unpaired) electrons. The number of amides is 2. The van der Waals surface area contributed by atoms with Crippen LogP contribution in [-0.2, 0) is 9.59 Å². The molecule has 162 valence electrons. The summed E-state index contributed by atoms with van der Waals surface area (Å²) in [7, 11) is 1.80. The molecule has 0 aliphatic carbocycles. The topological polar surface area (TPSA) is 109 Å². The molecule has 0 fully saturated rings. The van der Waals surface area contributed by atoms with E-state index in [0.29, 0.717) is 49.0 Å². The lowest BCUT2D eigenvalue weighted by Crippen LogP contribution is -2.31. The lowest BCUT2D eigenvalue weighted by atomic mass is 10.0. The van der Waals surface area contributed by atoms with Gasteiger partial charge in [0.15, 0.2) is 0 Å². The average Bonchev–Trinajstić information content (AvgIpc) is 3.10. The molecule has 4 rings (SSSR count). The molecular weight excluding hydrogens is 396 g/mol. The number of aliphatic imine (C=N–C) groups is 1. The third kappa shape index (κ3) is 4.99. The number of likely N-dealkylation sites (N-methyl/N-ethyl adjacent to an activating group) is 1. The van der Waals surface area contributed by atoms with Crippen molar-refractivity contribution < 1.29 is 14.3 Å². The molecule has 9 heteroatoms. The van der Waals surface area contributed by atoms with Gasteiger partial charge in [-0.15, -0.1) is 0 Å². The highest BCUT2D eigenvalue weighted by Crippen LogP contribution is 2.34. The van der Waals surface area contributed by atoms with Crippen LogP contribution < -0.4 is 15.4 Å². The van der Waals surface area contributed by atoms with E-state index in [1.54, 1.807) is 18.2 Å². The number of fused-ring (bicyclic) bond motifs is 2. The van der Waals surface area contributed by atoms with Gasteiger partial charge in [0.25, 0.3) is 0 Å². The van der Waals surface area contributed by atoms with E-state index in [1.807, 2.05) is 24.3 Å². The van der Waals surface area contributed by atoms with Gasteiger partial charge in [-0.3, -0.25) is 14.6 Å². The van der Waals surface area contributed by atoms with Crippen LogP contribution in [0.3, 0.4) is 0 Å². The second-order valence-electron chi connectivity index (χ2n) is 7.63. The average molecular weight is 422 g/mol. The monoisotopic (exact) mass is 422 g/mol. The van der Waals surface area contributed by atoms with Crippen LogP contribution in [0.2, 0.25) is 0 Å². The Morgan fingerprint density at radius 1 is 1.13 bits per heavy atom. The van der Waals surface area contributed by atoms with Gasteiger partial charge < -0.3 is 20.3 Å². The predicted molar refractivity (Wildman–Crippen MR) is 118 cm³/mol. The van der Waals surface area contributed by atoms with Crippen molar-refractivity contribution >= 4 is 35.4 Å². The Morgan fingerprint density at radius 3 is 2.90 bits per heavy atom. The Hall–Kier alpha value is -3.49. The number of benzene rings is 1. The maximum atomic E-state index is 12.6. The van der Waals surface area contributed by atoms with Crippen molar-refractivity contribution in [3.05, 3.63) is 36.2 Å². The lowest BCUT2D eigenvalue weighted by Gasteiger charge is -2.18. The van der Waals surface area contributed by atoms with E-state index in [2.05, 4.69) is 25.6 Å². The lowest BCUT2D eigenvalue weighted by molar-refractivity contribution is -0.129. The second-order valence-corrected chi connectivity index (χ2v) is 7.63. The summed E-state index contributed by atoms with van der Waals surface area (Å²) < 4.78 is 5.82. The number of ether oxygens (including phenoxy) is 1. The van der Waals surface area contributed by atoms with Crippen LogP contribution in [0.15, 0.2) is 35.6 Å². The summed E-state index contributed by atoms with van der Waals surface area (Å²) in [5.74, 6) is 1.08. The molecule has 0 saturated carbocycles. The quantitative estimate of drug-likeness (QED) is 0.676. The van der Waals surface area contributed by atoms with Gasteiger partial charge >= 0.3 is 0 Å². The van der Waals surface area contributed by atoms with Crippen molar-refractivity contribution in [2.45, 2.75) is 31.6 Å². The fourth-order valence-corrected chi connectivity index (χ4v) is 3.62. The molecule has 2 bridgehead atoms. The molecule has 1 atom stereocenters. The normalized spacial score (nSPS) is 19.9. The van der Waals surface area contributed by atoms with Gasteiger partial charge in [-0.2, -0.15) is 0 Å². The Labute approximate surface area is 180 Å². The highest BCUT2D eigenvalue weighted by Gasteiger charge is 2.33. The van der Waals surface area contributed by atoms with E-state index in [1.165, 1.54) is 6.33 Å². The molecule has 1 unspecified atom stereocenters. The molecule has 0 saturated heterocycles. The number of carbonyl (C=O) groups excluding carboxylic acids is 2. The first-order valence-electron chi connectivity index (χ1n) is 10.5. The number of hydrogen-bond acceptors (Lipinski definition) is 7. The molecule has 9 nitrogen and oxygen atoms in total. The molecule has 2 aromatic rings. The van der Waals surface area contributed by atoms with Crippen molar-refractivity contribution in [2.75, 3.05) is 37.4 Å². The summed E-state index contributed by atoms with van der Waals surface area (Å²) in [6.07, 6.45) is 6.18. The third-order valence-corrected chi connectivity index (χ3v) is 5.38. The van der Waals surface area contributed by atoms with Crippen LogP contribution in [0, 0.1) is 0 Å². The number of nitrogens with one attached hydrogen (secondary N) is 2. The SMILES string of the molecule is CN1CCNc2ncnc3c2C(C=Nc2cccc(c2)OCCCCCC1=O)C(=O)N3. The fourth-order valence-electron chi connectivity index (χ4n) is 3.62. The minimum Gasteiger partial charge on any atom is -0.494 e. The molecular formula is C22H26N6O3. The van der Waals surface area contributed by atoms with Crippen LogP contribution in [0.25, 0.3) is 0 Å². The fraction of sp³-hybridized carbons (Fsp3) is 0.409. The number of rotatable bonds is 0. The van der Waals surface area contributed by atoms with E-state index < -0.39 is 5.92 Å². The zero-order chi connectivity index (χ0) is 21.6. The van der Waals surface area contributed by atoms with E-state index in [0.717, 1.165) is 25.0 Å². The summed E-state index contributed by atoms with van der Waals surface area (Å²) in [5.41, 5.74) is 1.37. The largest absolute Gasteiger partial charge is 0.494 e. The maximum Gasteiger partial charge on any atom is 0.238 e. The molecule has 2 aliphatic heterocycles. The highest BCUT2D eigenvalue weighted by atomic mass is 16.5. The number of carbonyl (C=O) groups is 2. The zero-order valence-electron chi connectivity index (χ0n) is 17.5. The van der Waals surface area contributed by atoms with Crippen LogP contribution in [0.4, 0.5) is 17.3 Å². The zero-order valence-corrected chi connectivity index (χ0v) is 17.5. The van der Waals surface area contributed by atoms with E-state index >= 15 is 0 Å². The van der Waals surface area contributed by atoms with Gasteiger partial charge in [-0.25, -0.2) is 9.97 Å². The van der Waals surface area contributed by atoms with Gasteiger partial charge in [0.2, 0.25) is 11.8 Å². The minimum absolute atomic E-state index is 0.114. The molecule has 31 heavy (non-hydrogen) atoms. The van der Waals surface area contributed by atoms with E-state index in [9.17, 15) is 9.59 Å². The van der Waals surface area contributed by atoms with Crippen molar-refractivity contribution in [3.63, 3.8) is 0 Å². The van der Waals surface area contributed by atoms with Crippen LogP contribution >= 0.6 is 0 Å². The third-order valence-electron chi connectivity index (χ3n) is 5.38. The summed E-state index contributed by atoms with van der Waals surface area (Å²) in [6, 6.07) is 7.46. The maximum absolute atomic E-state index is 12.6. The minimum atomic E-state index is -0.607. The first-order valence-corrected chi connectivity index (χ1v) is 10.5. The summed E-state index contributed by atoms with van der Waals surface area (Å²) >= 11 is 0. The summed E-state index contributed by atoms with van der Waals surface area (Å²) in [5, 5.41) is 6.03. The Kier molecular flexibility index (Phi) is 6.40. The number of nitrogens with zero attached hydrogens (tertiary/aromatic N) is 4. The number of aromatic nitrogens is 2. The molecule has 2 N–H and O–H groups in total. The Morgan fingerprint density at radius 2 is 2.00 bits per heavy atom. The van der Waals surface area contributed by atoms with Gasteiger partial charge in [0.1, 0.15) is 29.6 Å². The van der Waals surface area contributed by atoms with Crippen molar-refractivity contribution in [1.82, 2.24) is 14.9 Å². The first kappa shape index (κ1) is 20.8. The molecule has 1 aromatic carbocycles. The number of hydrogen-bond donors (Lipinski definition) is 2. The Balaban J connectivity index is 1.61. The number of anilines is 2. The summed E-state index contributed by atoms with van der Waals surface area (Å²) in [6.45, 7) is 1.63. The van der Waals surface area contributed by atoms with Crippen molar-refractivity contribution in [2.24, 2.45) is 4.99 Å². The van der Waals surface area contributed by atoms with E-state index in [-0.39, 0.29) is 11.8 Å². The standard InChI is InChI=1S/C22H26N6O3/c1-28-10-9-23-20-19-17(22(30)27-21(19)26-14-25-20)13-24-15-6-5-7-16(12-15)31-11-4-2-3-8-18(28)29/h5-7,12-14,17H,2-4,8-11H2,1H3,(H2,23,25,26,27,30). The van der Waals surface area contributed by atoms with Crippen molar-refractivity contribution in [3.8, 4) is 5.75 Å². The molecule has 3 heterocycles. The van der Waals surface area contributed by atoms with Crippen LogP contribution in [-0.4, -0.2) is 59.6 Å². The van der Waals surface area contributed by atoms with Crippen LogP contribution in [0.5, 0.6) is 5.75 Å². The molecule has 2 aliphatic rings. The summed E-state index contributed by atoms with van der Waals surface area (Å²) in [4.78, 5) is 39.6. The van der Waals surface area contributed by atoms with Gasteiger partial charge in [-0.1, -0.05) is 6.07 Å². The predicted octanol–water partition coefficient (Wildman–Crippen LogP) is 2.74. The van der Waals surface area contributed by atoms with Gasteiger partial charge in [0.05, 0.1) is 17.9 Å². The van der Waals surface area contributed by atoms with Crippen LogP contribution in [0.1, 0.15) is 37.2 Å². The molecule has 0 spiro atoms. The van der Waals surface area contributed by atoms with Gasteiger partial charge in [0, 0.05) is 38.8 Å². The van der Waals surface area contributed by atoms with Gasteiger partial charge in [-0.05, 0) is 31.4 Å². The van der Waals surface area contributed by atoms with E-state index in [4.69, 9.17) is 4.74 Å². The highest BCUT2D eigenvalue weighted by molar-refractivity contribution is 6.13. The molecule has 1 aromatic heterocycles.